The van der Waals surface area contributed by atoms with Crippen molar-refractivity contribution < 1.29 is 9.83 Å². The third-order valence-corrected chi connectivity index (χ3v) is 0.408. The van der Waals surface area contributed by atoms with Crippen LogP contribution in [0.2, 0.25) is 0 Å². The van der Waals surface area contributed by atoms with Crippen LogP contribution in [0.4, 0.5) is 0 Å². The average molecular weight is 88.1 g/mol. The molecule has 0 aliphatic heterocycles. The SMILES string of the molecule is C=C[Si]OO. The fourth-order valence-corrected chi connectivity index (χ4v) is 0.112. The molecular weight excluding hydrogens is 84.1 g/mol. The van der Waals surface area contributed by atoms with Crippen LogP contribution in [0.1, 0.15) is 0 Å². The minimum absolute atomic E-state index is 0.0170. The predicted molar refractivity (Wildman–Crippen MR) is 19.7 cm³/mol. The molecule has 0 aromatic rings. The molecule has 28 valence electrons. The van der Waals surface area contributed by atoms with Crippen LogP contribution in [0.3, 0.4) is 0 Å². The predicted octanol–water partition coefficient (Wildman–Crippen LogP) is 0.239. The molecule has 0 unspecified atom stereocenters. The van der Waals surface area contributed by atoms with Crippen molar-refractivity contribution in [1.29, 1.82) is 0 Å². The molecule has 0 saturated carbocycles. The van der Waals surface area contributed by atoms with Gasteiger partial charge < -0.3 is 0 Å². The second kappa shape index (κ2) is 3.88. The van der Waals surface area contributed by atoms with Crippen molar-refractivity contribution >= 4 is 9.76 Å². The smallest absolute Gasteiger partial charge is 0.285 e. The number of rotatable bonds is 2. The van der Waals surface area contributed by atoms with Gasteiger partial charge in [-0.2, -0.15) is 0 Å². The van der Waals surface area contributed by atoms with E-state index in [0.29, 0.717) is 0 Å². The second-order valence-corrected chi connectivity index (χ2v) is 1.24. The molecule has 2 nitrogen and oxygen atoms in total. The summed E-state index contributed by atoms with van der Waals surface area (Å²) >= 11 is 0. The van der Waals surface area contributed by atoms with Crippen LogP contribution < -0.4 is 0 Å². The third-order valence-electron chi connectivity index (χ3n) is 0.136. The Balaban J connectivity index is 2.40. The zero-order valence-corrected chi connectivity index (χ0v) is 3.64. The summed E-state index contributed by atoms with van der Waals surface area (Å²) in [5.74, 6) is 0. The van der Waals surface area contributed by atoms with Crippen LogP contribution in [0, 0.1) is 0 Å². The lowest BCUT2D eigenvalue weighted by molar-refractivity contribution is -0.135. The van der Waals surface area contributed by atoms with Crippen molar-refractivity contribution in [2.75, 3.05) is 0 Å². The molecule has 0 heterocycles. The molecule has 0 amide bonds. The average Bonchev–Trinajstić information content (AvgIpc) is 1.41. The molecule has 1 N–H and O–H groups in total. The normalized spacial score (nSPS) is 7.40. The van der Waals surface area contributed by atoms with E-state index in [-0.39, 0.29) is 9.76 Å². The first kappa shape index (κ1) is 4.88. The van der Waals surface area contributed by atoms with Gasteiger partial charge in [0.25, 0.3) is 0 Å². The summed E-state index contributed by atoms with van der Waals surface area (Å²) in [4.78, 5) is 0. The Morgan fingerprint density at radius 1 is 2.00 bits per heavy atom. The molecule has 0 saturated heterocycles. The standard InChI is InChI=1S/C2H4O2Si/c1-2-5-4-3/h2-3H,1H2. The molecule has 2 radical (unpaired) electrons. The van der Waals surface area contributed by atoms with Crippen LogP contribution in [0.15, 0.2) is 12.3 Å². The van der Waals surface area contributed by atoms with Gasteiger partial charge in [-0.15, -0.1) is 6.58 Å². The van der Waals surface area contributed by atoms with E-state index in [1.165, 1.54) is 5.70 Å². The highest BCUT2D eigenvalue weighted by molar-refractivity contribution is 6.33. The van der Waals surface area contributed by atoms with Gasteiger partial charge in [-0.1, -0.05) is 5.70 Å². The van der Waals surface area contributed by atoms with Crippen LogP contribution in [-0.2, 0) is 4.58 Å². The monoisotopic (exact) mass is 88.0 g/mol. The van der Waals surface area contributed by atoms with Gasteiger partial charge in [0.05, 0.1) is 0 Å². The summed E-state index contributed by atoms with van der Waals surface area (Å²) in [6.07, 6.45) is 0. The second-order valence-electron chi connectivity index (χ2n) is 0.413. The van der Waals surface area contributed by atoms with Crippen molar-refractivity contribution in [2.24, 2.45) is 0 Å². The van der Waals surface area contributed by atoms with E-state index < -0.39 is 0 Å². The van der Waals surface area contributed by atoms with Gasteiger partial charge in [0.1, 0.15) is 0 Å². The zero-order valence-electron chi connectivity index (χ0n) is 2.64. The zero-order chi connectivity index (χ0) is 4.12. The number of hydrogen-bond acceptors (Lipinski definition) is 2. The molecule has 0 aromatic carbocycles. The van der Waals surface area contributed by atoms with Crippen LogP contribution in [0.5, 0.6) is 0 Å². The summed E-state index contributed by atoms with van der Waals surface area (Å²) in [6.45, 7) is 3.28. The van der Waals surface area contributed by atoms with E-state index in [1.54, 1.807) is 0 Å². The lowest BCUT2D eigenvalue weighted by atomic mass is 11.3. The van der Waals surface area contributed by atoms with Crippen molar-refractivity contribution in [3.05, 3.63) is 12.3 Å². The molecule has 0 atom stereocenters. The first-order valence-electron chi connectivity index (χ1n) is 1.08. The maximum Gasteiger partial charge on any atom is 0.312 e. The van der Waals surface area contributed by atoms with Gasteiger partial charge in [0.2, 0.25) is 0 Å². The van der Waals surface area contributed by atoms with Crippen LogP contribution in [-0.4, -0.2) is 15.0 Å². The molecule has 0 aromatic heterocycles. The maximum atomic E-state index is 7.51. The van der Waals surface area contributed by atoms with Crippen LogP contribution in [0.25, 0.3) is 0 Å². The lowest BCUT2D eigenvalue weighted by Gasteiger charge is -1.73. The Labute approximate surface area is 32.9 Å². The lowest BCUT2D eigenvalue weighted by Crippen LogP contribution is -1.84. The first-order chi connectivity index (χ1) is 2.41. The Morgan fingerprint density at radius 3 is 2.60 bits per heavy atom. The van der Waals surface area contributed by atoms with E-state index >= 15 is 0 Å². The Hall–Kier alpha value is -0.123. The summed E-state index contributed by atoms with van der Waals surface area (Å²) in [5, 5.41) is 7.51. The fraction of sp³-hybridized carbons (Fsp3) is 0. The van der Waals surface area contributed by atoms with Crippen LogP contribution >= 0.6 is 0 Å². The summed E-state index contributed by atoms with van der Waals surface area (Å²) in [5.41, 5.74) is 1.49. The minimum atomic E-state index is 0.0170. The van der Waals surface area contributed by atoms with Crippen molar-refractivity contribution in [3.8, 4) is 0 Å². The highest BCUT2D eigenvalue weighted by Gasteiger charge is 1.68. The molecule has 0 bridgehead atoms. The van der Waals surface area contributed by atoms with E-state index in [4.69, 9.17) is 5.26 Å². The number of hydrogen-bond donors (Lipinski definition) is 1. The van der Waals surface area contributed by atoms with Gasteiger partial charge in [0, 0.05) is 0 Å². The molecule has 0 rings (SSSR count). The Kier molecular flexibility index (Phi) is 3.78. The highest BCUT2D eigenvalue weighted by atomic mass is 28.2. The van der Waals surface area contributed by atoms with Gasteiger partial charge in [-0.05, 0) is 0 Å². The topological polar surface area (TPSA) is 29.5 Å². The summed E-state index contributed by atoms with van der Waals surface area (Å²) in [6, 6.07) is 0. The summed E-state index contributed by atoms with van der Waals surface area (Å²) in [7, 11) is 0.0170. The first-order valence-corrected chi connectivity index (χ1v) is 2.07. The molecular formula is C2H4O2Si. The Bertz CT molecular complexity index is 28.8. The minimum Gasteiger partial charge on any atom is -0.285 e. The van der Waals surface area contributed by atoms with E-state index in [2.05, 4.69) is 11.2 Å². The quantitative estimate of drug-likeness (QED) is 0.297. The molecule has 0 spiro atoms. The van der Waals surface area contributed by atoms with Crippen molar-refractivity contribution in [2.45, 2.75) is 0 Å². The fourth-order valence-electron chi connectivity index (χ4n) is 0.0373. The maximum absolute atomic E-state index is 7.51. The molecule has 0 fully saturated rings. The molecule has 3 heteroatoms. The van der Waals surface area contributed by atoms with Gasteiger partial charge in [-0.3, -0.25) is 9.83 Å². The third kappa shape index (κ3) is 3.88. The van der Waals surface area contributed by atoms with E-state index in [1.807, 2.05) is 0 Å². The molecule has 0 aliphatic carbocycles. The summed E-state index contributed by atoms with van der Waals surface area (Å²) < 4.78 is 3.60. The van der Waals surface area contributed by atoms with Gasteiger partial charge in [-0.25, -0.2) is 0 Å². The molecule has 5 heavy (non-hydrogen) atoms. The van der Waals surface area contributed by atoms with E-state index in [9.17, 15) is 0 Å². The van der Waals surface area contributed by atoms with Gasteiger partial charge in [0.15, 0.2) is 0 Å². The van der Waals surface area contributed by atoms with E-state index in [0.717, 1.165) is 0 Å². The Morgan fingerprint density at radius 2 is 2.60 bits per heavy atom. The largest absolute Gasteiger partial charge is 0.312 e. The highest BCUT2D eigenvalue weighted by Crippen LogP contribution is 1.54. The van der Waals surface area contributed by atoms with Crippen molar-refractivity contribution in [1.82, 2.24) is 0 Å². The van der Waals surface area contributed by atoms with Gasteiger partial charge >= 0.3 is 9.76 Å². The van der Waals surface area contributed by atoms with Crippen molar-refractivity contribution in [3.63, 3.8) is 0 Å². The molecule has 0 aliphatic rings.